The van der Waals surface area contributed by atoms with Crippen molar-refractivity contribution in [1.82, 2.24) is 14.5 Å². The monoisotopic (exact) mass is 440 g/mol. The maximum atomic E-state index is 13.0. The highest BCUT2D eigenvalue weighted by molar-refractivity contribution is 7.89. The standard InChI is InChI=1S/C24H32N4O2S/c1-16-12-17(2)24(18(3)13-16)31(29,30)27-19(4)14-25-22-10-7-11-23-21(22)15-26-28(23)20-8-5-6-9-20/h7,10-13,15,19-20,25,27H,5-6,8-9,14H2,1-4H3/t19-/m0/s1. The van der Waals surface area contributed by atoms with E-state index < -0.39 is 10.0 Å². The first-order valence-electron chi connectivity index (χ1n) is 11.1. The van der Waals surface area contributed by atoms with E-state index in [1.54, 1.807) is 0 Å². The summed E-state index contributed by atoms with van der Waals surface area (Å²) in [7, 11) is -3.60. The molecule has 0 unspecified atom stereocenters. The second-order valence-corrected chi connectivity index (χ2v) is 10.5. The fraction of sp³-hybridized carbons (Fsp3) is 0.458. The zero-order valence-corrected chi connectivity index (χ0v) is 19.6. The van der Waals surface area contributed by atoms with Crippen LogP contribution in [0, 0.1) is 20.8 Å². The molecule has 2 aromatic carbocycles. The molecule has 0 spiro atoms. The predicted octanol–water partition coefficient (Wildman–Crippen LogP) is 4.86. The van der Waals surface area contributed by atoms with Gasteiger partial charge in [-0.3, -0.25) is 4.68 Å². The Morgan fingerprint density at radius 1 is 1.13 bits per heavy atom. The van der Waals surface area contributed by atoms with Gasteiger partial charge in [-0.15, -0.1) is 0 Å². The molecule has 4 rings (SSSR count). The molecule has 0 saturated heterocycles. The third kappa shape index (κ3) is 4.48. The number of hydrogen-bond donors (Lipinski definition) is 2. The molecule has 2 N–H and O–H groups in total. The summed E-state index contributed by atoms with van der Waals surface area (Å²) in [6, 6.07) is 10.2. The van der Waals surface area contributed by atoms with Gasteiger partial charge >= 0.3 is 0 Å². The van der Waals surface area contributed by atoms with E-state index in [4.69, 9.17) is 0 Å². The van der Waals surface area contributed by atoms with E-state index in [2.05, 4.69) is 25.9 Å². The predicted molar refractivity (Wildman–Crippen MR) is 126 cm³/mol. The Labute approximate surface area is 185 Å². The Morgan fingerprint density at radius 2 is 1.81 bits per heavy atom. The number of anilines is 1. The van der Waals surface area contributed by atoms with Gasteiger partial charge in [0.05, 0.1) is 22.7 Å². The van der Waals surface area contributed by atoms with Crippen molar-refractivity contribution in [2.45, 2.75) is 70.4 Å². The lowest BCUT2D eigenvalue weighted by Gasteiger charge is -2.19. The number of nitrogens with one attached hydrogen (secondary N) is 2. The summed E-state index contributed by atoms with van der Waals surface area (Å²) in [4.78, 5) is 0.380. The quantitative estimate of drug-likeness (QED) is 0.550. The molecule has 1 saturated carbocycles. The largest absolute Gasteiger partial charge is 0.383 e. The van der Waals surface area contributed by atoms with Crippen LogP contribution in [0.15, 0.2) is 41.4 Å². The van der Waals surface area contributed by atoms with E-state index in [0.29, 0.717) is 17.5 Å². The topological polar surface area (TPSA) is 76.0 Å². The van der Waals surface area contributed by atoms with Crippen LogP contribution < -0.4 is 10.0 Å². The lowest BCUT2D eigenvalue weighted by Crippen LogP contribution is -2.38. The van der Waals surface area contributed by atoms with Crippen molar-refractivity contribution in [2.24, 2.45) is 0 Å². The van der Waals surface area contributed by atoms with Gasteiger partial charge in [0, 0.05) is 23.7 Å². The Balaban J connectivity index is 1.48. The van der Waals surface area contributed by atoms with Crippen molar-refractivity contribution in [3.63, 3.8) is 0 Å². The van der Waals surface area contributed by atoms with E-state index in [-0.39, 0.29) is 6.04 Å². The van der Waals surface area contributed by atoms with Crippen molar-refractivity contribution in [2.75, 3.05) is 11.9 Å². The lowest BCUT2D eigenvalue weighted by atomic mass is 10.1. The molecule has 0 amide bonds. The average molecular weight is 441 g/mol. The first kappa shape index (κ1) is 21.8. The van der Waals surface area contributed by atoms with Gasteiger partial charge in [-0.2, -0.15) is 5.10 Å². The molecule has 0 radical (unpaired) electrons. The molecule has 3 aromatic rings. The third-order valence-electron chi connectivity index (χ3n) is 6.14. The smallest absolute Gasteiger partial charge is 0.241 e. The number of rotatable bonds is 7. The maximum Gasteiger partial charge on any atom is 0.241 e. The van der Waals surface area contributed by atoms with Crippen LogP contribution in [0.1, 0.15) is 55.3 Å². The number of fused-ring (bicyclic) bond motifs is 1. The number of aryl methyl sites for hydroxylation is 3. The lowest BCUT2D eigenvalue weighted by molar-refractivity contribution is 0.482. The summed E-state index contributed by atoms with van der Waals surface area (Å²) in [6.45, 7) is 8.04. The fourth-order valence-corrected chi connectivity index (χ4v) is 6.58. The minimum absolute atomic E-state index is 0.273. The molecule has 1 fully saturated rings. The molecule has 1 heterocycles. The van der Waals surface area contributed by atoms with Gasteiger partial charge in [-0.25, -0.2) is 13.1 Å². The van der Waals surface area contributed by atoms with Crippen molar-refractivity contribution in [3.8, 4) is 0 Å². The zero-order chi connectivity index (χ0) is 22.2. The Bertz CT molecular complexity index is 1170. The van der Waals surface area contributed by atoms with Crippen LogP contribution in [0.5, 0.6) is 0 Å². The van der Waals surface area contributed by atoms with Crippen molar-refractivity contribution in [1.29, 1.82) is 0 Å². The highest BCUT2D eigenvalue weighted by Crippen LogP contribution is 2.33. The van der Waals surface area contributed by atoms with Gasteiger partial charge in [-0.05, 0) is 63.8 Å². The molecule has 6 nitrogen and oxygen atoms in total. The molecule has 7 heteroatoms. The van der Waals surface area contributed by atoms with Gasteiger partial charge in [-0.1, -0.05) is 36.6 Å². The number of aromatic nitrogens is 2. The fourth-order valence-electron chi connectivity index (χ4n) is 4.88. The minimum atomic E-state index is -3.60. The maximum absolute atomic E-state index is 13.0. The molecule has 1 aliphatic carbocycles. The molecule has 0 aliphatic heterocycles. The molecular formula is C24H32N4O2S. The van der Waals surface area contributed by atoms with Crippen molar-refractivity contribution < 1.29 is 8.42 Å². The zero-order valence-electron chi connectivity index (χ0n) is 18.8. The van der Waals surface area contributed by atoms with Gasteiger partial charge in [0.1, 0.15) is 0 Å². The van der Waals surface area contributed by atoms with Crippen LogP contribution in [0.4, 0.5) is 5.69 Å². The van der Waals surface area contributed by atoms with E-state index in [1.165, 1.54) is 25.7 Å². The van der Waals surface area contributed by atoms with E-state index in [1.807, 2.05) is 58.2 Å². The molecule has 1 aromatic heterocycles. The van der Waals surface area contributed by atoms with Crippen LogP contribution in [-0.4, -0.2) is 30.8 Å². The molecule has 1 aliphatic rings. The summed E-state index contributed by atoms with van der Waals surface area (Å²) < 4.78 is 31.0. The van der Waals surface area contributed by atoms with Crippen molar-refractivity contribution in [3.05, 3.63) is 53.2 Å². The van der Waals surface area contributed by atoms with Crippen LogP contribution in [0.3, 0.4) is 0 Å². The third-order valence-corrected chi connectivity index (χ3v) is 8.03. The van der Waals surface area contributed by atoms with Gasteiger partial charge in [0.25, 0.3) is 0 Å². The summed E-state index contributed by atoms with van der Waals surface area (Å²) >= 11 is 0. The van der Waals surface area contributed by atoms with Crippen LogP contribution in [0.2, 0.25) is 0 Å². The molecule has 1 atom stereocenters. The molecule has 166 valence electrons. The van der Waals surface area contributed by atoms with Crippen molar-refractivity contribution >= 4 is 26.6 Å². The summed E-state index contributed by atoms with van der Waals surface area (Å²) in [5, 5.41) is 9.16. The Morgan fingerprint density at radius 3 is 2.48 bits per heavy atom. The highest BCUT2D eigenvalue weighted by Gasteiger charge is 2.23. The second kappa shape index (κ2) is 8.63. The summed E-state index contributed by atoms with van der Waals surface area (Å²) in [6.07, 6.45) is 6.82. The van der Waals surface area contributed by atoms with Crippen LogP contribution in [-0.2, 0) is 10.0 Å². The number of nitrogens with zero attached hydrogens (tertiary/aromatic N) is 2. The molecule has 31 heavy (non-hydrogen) atoms. The van der Waals surface area contributed by atoms with E-state index >= 15 is 0 Å². The number of sulfonamides is 1. The van der Waals surface area contributed by atoms with Crippen LogP contribution in [0.25, 0.3) is 10.9 Å². The first-order chi connectivity index (χ1) is 14.8. The Hall–Kier alpha value is -2.38. The summed E-state index contributed by atoms with van der Waals surface area (Å²) in [5.74, 6) is 0. The Kier molecular flexibility index (Phi) is 6.08. The summed E-state index contributed by atoms with van der Waals surface area (Å²) in [5.41, 5.74) is 4.73. The van der Waals surface area contributed by atoms with E-state index in [0.717, 1.165) is 33.3 Å². The highest BCUT2D eigenvalue weighted by atomic mass is 32.2. The van der Waals surface area contributed by atoms with E-state index in [9.17, 15) is 8.42 Å². The van der Waals surface area contributed by atoms with Gasteiger partial charge in [0.2, 0.25) is 10.0 Å². The minimum Gasteiger partial charge on any atom is -0.383 e. The number of hydrogen-bond acceptors (Lipinski definition) is 4. The first-order valence-corrected chi connectivity index (χ1v) is 12.5. The molecule has 0 bridgehead atoms. The average Bonchev–Trinajstić information content (AvgIpc) is 3.34. The normalized spacial score (nSPS) is 16.1. The van der Waals surface area contributed by atoms with Crippen LogP contribution >= 0.6 is 0 Å². The molecular weight excluding hydrogens is 408 g/mol. The van der Waals surface area contributed by atoms with Gasteiger partial charge < -0.3 is 5.32 Å². The van der Waals surface area contributed by atoms with Gasteiger partial charge in [0.15, 0.2) is 0 Å². The SMILES string of the molecule is Cc1cc(C)c(S(=O)(=O)N[C@@H](C)CNc2cccc3c2cnn3C2CCCC2)c(C)c1. The number of benzene rings is 2. The second-order valence-electron chi connectivity index (χ2n) is 8.90.